The van der Waals surface area contributed by atoms with Crippen LogP contribution in [0.2, 0.25) is 0 Å². The molecule has 0 unspecified atom stereocenters. The summed E-state index contributed by atoms with van der Waals surface area (Å²) in [5, 5.41) is 4.80. The van der Waals surface area contributed by atoms with E-state index in [9.17, 15) is 14.4 Å². The molecule has 3 aliphatic rings. The highest BCUT2D eigenvalue weighted by atomic mass is 16.2. The van der Waals surface area contributed by atoms with Crippen LogP contribution in [-0.4, -0.2) is 46.8 Å². The van der Waals surface area contributed by atoms with Crippen molar-refractivity contribution in [3.05, 3.63) is 48.0 Å². The second kappa shape index (κ2) is 7.66. The molecule has 2 saturated heterocycles. The zero-order valence-corrected chi connectivity index (χ0v) is 18.0. The Morgan fingerprint density at radius 1 is 1.03 bits per heavy atom. The number of hydrogen-bond acceptors (Lipinski definition) is 3. The quantitative estimate of drug-likeness (QED) is 0.770. The molecule has 4 amide bonds. The van der Waals surface area contributed by atoms with Crippen molar-refractivity contribution in [1.82, 2.24) is 15.1 Å². The number of nitrogens with zero attached hydrogens (tertiary/aromatic N) is 2. The second-order valence-corrected chi connectivity index (χ2v) is 9.31. The smallest absolute Gasteiger partial charge is 0.325 e. The van der Waals surface area contributed by atoms with E-state index in [1.165, 1.54) is 19.3 Å². The zero-order valence-electron chi connectivity index (χ0n) is 18.0. The third kappa shape index (κ3) is 3.29. The Hall–Kier alpha value is -2.89. The lowest BCUT2D eigenvalue weighted by atomic mass is 9.78. The summed E-state index contributed by atoms with van der Waals surface area (Å²) in [6, 6.07) is 13.4. The van der Waals surface area contributed by atoms with Crippen molar-refractivity contribution >= 4 is 28.6 Å². The number of fused-ring (bicyclic) bond motifs is 2. The minimum absolute atomic E-state index is 0.109. The number of piperidine rings is 1. The number of carbonyl (C=O) groups is 3. The van der Waals surface area contributed by atoms with Gasteiger partial charge >= 0.3 is 6.03 Å². The lowest BCUT2D eigenvalue weighted by molar-refractivity contribution is -0.142. The molecule has 162 valence electrons. The molecule has 1 aliphatic carbocycles. The van der Waals surface area contributed by atoms with Crippen LogP contribution in [0, 0.1) is 5.92 Å². The SMILES string of the molecule is C[C@]1(c2cccc3ccccc23)NC(=O)N(CC(=O)N2CCC[C@@H]3CCCC[C@H]32)C1=O. The van der Waals surface area contributed by atoms with Gasteiger partial charge in [0, 0.05) is 12.6 Å². The van der Waals surface area contributed by atoms with Crippen LogP contribution in [0.5, 0.6) is 0 Å². The van der Waals surface area contributed by atoms with Crippen molar-refractivity contribution in [2.75, 3.05) is 13.1 Å². The first kappa shape index (κ1) is 20.0. The molecule has 0 spiro atoms. The summed E-state index contributed by atoms with van der Waals surface area (Å²) in [5.74, 6) is 0.0946. The Labute approximate surface area is 182 Å². The number of nitrogens with one attached hydrogen (secondary N) is 1. The average Bonchev–Trinajstić information content (AvgIpc) is 3.02. The number of amides is 4. The van der Waals surface area contributed by atoms with Crippen LogP contribution in [0.1, 0.15) is 51.0 Å². The average molecular weight is 420 g/mol. The van der Waals surface area contributed by atoms with E-state index in [4.69, 9.17) is 0 Å². The fourth-order valence-corrected chi connectivity index (χ4v) is 5.85. The van der Waals surface area contributed by atoms with Crippen molar-refractivity contribution in [2.24, 2.45) is 5.92 Å². The highest BCUT2D eigenvalue weighted by Crippen LogP contribution is 2.36. The number of benzene rings is 2. The minimum atomic E-state index is -1.19. The van der Waals surface area contributed by atoms with Gasteiger partial charge in [-0.15, -0.1) is 0 Å². The van der Waals surface area contributed by atoms with E-state index in [2.05, 4.69) is 5.32 Å². The van der Waals surface area contributed by atoms with Gasteiger partial charge in [-0.05, 0) is 54.9 Å². The Bertz CT molecular complexity index is 1040. The standard InChI is InChI=1S/C25H29N3O3/c1-25(20-13-6-10-17-8-2-4-12-19(17)20)23(30)28(24(31)26-25)16-22(29)27-15-7-11-18-9-3-5-14-21(18)27/h2,4,6,8,10,12-13,18,21H,3,5,7,9,11,14-16H2,1H3,(H,26,31)/t18-,21+,25+/m0/s1. The van der Waals surface area contributed by atoms with Gasteiger partial charge in [-0.25, -0.2) is 4.79 Å². The first-order valence-electron chi connectivity index (χ1n) is 11.4. The van der Waals surface area contributed by atoms with E-state index < -0.39 is 11.6 Å². The van der Waals surface area contributed by atoms with E-state index in [1.54, 1.807) is 6.92 Å². The Balaban J connectivity index is 1.39. The normalized spacial score (nSPS) is 28.5. The molecule has 5 rings (SSSR count). The topological polar surface area (TPSA) is 69.7 Å². The summed E-state index contributed by atoms with van der Waals surface area (Å²) in [6.07, 6.45) is 6.77. The van der Waals surface area contributed by atoms with Crippen LogP contribution in [-0.2, 0) is 15.1 Å². The van der Waals surface area contributed by atoms with Gasteiger partial charge in [-0.2, -0.15) is 0 Å². The summed E-state index contributed by atoms with van der Waals surface area (Å²) in [5.41, 5.74) is -0.433. The third-order valence-electron chi connectivity index (χ3n) is 7.46. The molecule has 6 nitrogen and oxygen atoms in total. The van der Waals surface area contributed by atoms with Gasteiger partial charge in [0.15, 0.2) is 0 Å². The first-order chi connectivity index (χ1) is 15.0. The van der Waals surface area contributed by atoms with Gasteiger partial charge in [-0.1, -0.05) is 55.3 Å². The second-order valence-electron chi connectivity index (χ2n) is 9.31. The van der Waals surface area contributed by atoms with Gasteiger partial charge in [0.05, 0.1) is 0 Å². The van der Waals surface area contributed by atoms with Crippen LogP contribution in [0.15, 0.2) is 42.5 Å². The minimum Gasteiger partial charge on any atom is -0.338 e. The maximum atomic E-state index is 13.5. The Morgan fingerprint density at radius 3 is 2.65 bits per heavy atom. The van der Waals surface area contributed by atoms with Crippen LogP contribution in [0.25, 0.3) is 10.8 Å². The molecular weight excluding hydrogens is 390 g/mol. The lowest BCUT2D eigenvalue weighted by Gasteiger charge is -2.44. The fourth-order valence-electron chi connectivity index (χ4n) is 5.85. The largest absolute Gasteiger partial charge is 0.338 e. The molecular formula is C25H29N3O3. The summed E-state index contributed by atoms with van der Waals surface area (Å²) < 4.78 is 0. The van der Waals surface area contributed by atoms with Gasteiger partial charge < -0.3 is 10.2 Å². The monoisotopic (exact) mass is 419 g/mol. The van der Waals surface area contributed by atoms with Gasteiger partial charge in [-0.3, -0.25) is 14.5 Å². The van der Waals surface area contributed by atoms with Gasteiger partial charge in [0.1, 0.15) is 12.1 Å². The van der Waals surface area contributed by atoms with E-state index in [-0.39, 0.29) is 24.4 Å². The Morgan fingerprint density at radius 2 is 1.77 bits per heavy atom. The third-order valence-corrected chi connectivity index (χ3v) is 7.46. The number of carbonyl (C=O) groups excluding carboxylic acids is 3. The molecule has 3 fully saturated rings. The molecule has 2 aromatic carbocycles. The van der Waals surface area contributed by atoms with Crippen molar-refractivity contribution < 1.29 is 14.4 Å². The molecule has 2 aromatic rings. The van der Waals surface area contributed by atoms with Gasteiger partial charge in [0.25, 0.3) is 5.91 Å². The molecule has 0 aromatic heterocycles. The Kier molecular flexibility index (Phi) is 4.95. The van der Waals surface area contributed by atoms with E-state index >= 15 is 0 Å². The molecule has 0 radical (unpaired) electrons. The molecule has 31 heavy (non-hydrogen) atoms. The van der Waals surface area contributed by atoms with E-state index in [0.29, 0.717) is 5.92 Å². The van der Waals surface area contributed by atoms with Crippen molar-refractivity contribution in [3.8, 4) is 0 Å². The van der Waals surface area contributed by atoms with Gasteiger partial charge in [0.2, 0.25) is 5.91 Å². The summed E-state index contributed by atoms with van der Waals surface area (Å²) in [7, 11) is 0. The van der Waals surface area contributed by atoms with Crippen LogP contribution < -0.4 is 5.32 Å². The number of urea groups is 1. The predicted molar refractivity (Wildman–Crippen MR) is 118 cm³/mol. The molecule has 1 saturated carbocycles. The first-order valence-corrected chi connectivity index (χ1v) is 11.4. The van der Waals surface area contributed by atoms with Crippen LogP contribution in [0.3, 0.4) is 0 Å². The highest BCUT2D eigenvalue weighted by molar-refractivity contribution is 6.10. The zero-order chi connectivity index (χ0) is 21.6. The number of likely N-dealkylation sites (tertiary alicyclic amines) is 1. The van der Waals surface area contributed by atoms with Crippen LogP contribution >= 0.6 is 0 Å². The molecule has 3 atom stereocenters. The molecule has 2 heterocycles. The lowest BCUT2D eigenvalue weighted by Crippen LogP contribution is -2.53. The van der Waals surface area contributed by atoms with Crippen molar-refractivity contribution in [1.29, 1.82) is 0 Å². The number of hydrogen-bond donors (Lipinski definition) is 1. The van der Waals surface area contributed by atoms with Crippen molar-refractivity contribution in [3.63, 3.8) is 0 Å². The molecule has 2 aliphatic heterocycles. The number of rotatable bonds is 3. The maximum absolute atomic E-state index is 13.5. The highest BCUT2D eigenvalue weighted by Gasteiger charge is 2.50. The molecule has 6 heteroatoms. The van der Waals surface area contributed by atoms with Crippen LogP contribution in [0.4, 0.5) is 4.79 Å². The number of imide groups is 1. The van der Waals surface area contributed by atoms with E-state index in [1.807, 2.05) is 47.4 Å². The fraction of sp³-hybridized carbons (Fsp3) is 0.480. The summed E-state index contributed by atoms with van der Waals surface area (Å²) in [4.78, 5) is 42.6. The molecule has 1 N–H and O–H groups in total. The summed E-state index contributed by atoms with van der Waals surface area (Å²) >= 11 is 0. The maximum Gasteiger partial charge on any atom is 0.325 e. The summed E-state index contributed by atoms with van der Waals surface area (Å²) in [6.45, 7) is 2.27. The molecule has 0 bridgehead atoms. The predicted octanol–water partition coefficient (Wildman–Crippen LogP) is 3.79. The van der Waals surface area contributed by atoms with Crippen molar-refractivity contribution in [2.45, 2.75) is 57.0 Å². The van der Waals surface area contributed by atoms with E-state index in [0.717, 1.165) is 47.0 Å².